The smallest absolute Gasteiger partial charge is 0.405 e. The third kappa shape index (κ3) is 4.08. The number of carbonyl (C=O) groups is 1. The third-order valence-electron chi connectivity index (χ3n) is 3.54. The molecule has 1 heterocycles. The number of para-hydroxylation sites is 2. The molecule has 0 aliphatic heterocycles. The molecule has 2 aromatic carbocycles. The second-order valence-corrected chi connectivity index (χ2v) is 6.12. The van der Waals surface area contributed by atoms with Crippen molar-refractivity contribution in [2.24, 2.45) is 0 Å². The van der Waals surface area contributed by atoms with E-state index in [2.05, 4.69) is 31.2 Å². The van der Waals surface area contributed by atoms with Crippen LogP contribution in [0.25, 0.3) is 11.0 Å². The minimum Gasteiger partial charge on any atom is -0.465 e. The monoisotopic (exact) mass is 407 g/mol. The van der Waals surface area contributed by atoms with E-state index in [0.717, 1.165) is 18.2 Å². The highest BCUT2D eigenvalue weighted by atomic mass is 79.9. The normalized spacial score (nSPS) is 12.1. The van der Waals surface area contributed by atoms with E-state index < -0.39 is 23.8 Å². The van der Waals surface area contributed by atoms with Crippen molar-refractivity contribution in [2.45, 2.75) is 12.5 Å². The average Bonchev–Trinajstić information content (AvgIpc) is 2.52. The summed E-state index contributed by atoms with van der Waals surface area (Å²) in [7, 11) is 0. The lowest BCUT2D eigenvalue weighted by Crippen LogP contribution is -2.29. The molecule has 0 aliphatic carbocycles. The molecular weight excluding hydrogens is 396 g/mol. The van der Waals surface area contributed by atoms with Crippen LogP contribution in [0.1, 0.15) is 17.3 Å². The Labute approximate surface area is 149 Å². The molecule has 3 aromatic rings. The van der Waals surface area contributed by atoms with Crippen LogP contribution >= 0.6 is 15.9 Å². The number of hydrogen-bond donors (Lipinski definition) is 2. The van der Waals surface area contributed by atoms with Crippen LogP contribution < -0.4 is 5.32 Å². The maximum Gasteiger partial charge on any atom is 0.405 e. The van der Waals surface area contributed by atoms with Crippen LogP contribution in [0, 0.1) is 11.6 Å². The molecule has 0 fully saturated rings. The van der Waals surface area contributed by atoms with Gasteiger partial charge in [0, 0.05) is 6.07 Å². The molecule has 1 amide bonds. The SMILES string of the molecule is O=C(O)N[C@@H](Cc1cc(F)cc(F)c1)c1nc2ccccc2nc1Br. The number of carboxylic acid groups (broad SMARTS) is 1. The molecule has 0 radical (unpaired) electrons. The number of nitrogens with one attached hydrogen (secondary N) is 1. The lowest BCUT2D eigenvalue weighted by molar-refractivity contribution is 0.189. The highest BCUT2D eigenvalue weighted by Crippen LogP contribution is 2.26. The van der Waals surface area contributed by atoms with Gasteiger partial charge in [-0.25, -0.2) is 23.5 Å². The van der Waals surface area contributed by atoms with Gasteiger partial charge < -0.3 is 10.4 Å². The van der Waals surface area contributed by atoms with Gasteiger partial charge in [0.2, 0.25) is 0 Å². The van der Waals surface area contributed by atoms with Gasteiger partial charge in [0.1, 0.15) is 16.2 Å². The van der Waals surface area contributed by atoms with Crippen molar-refractivity contribution in [3.8, 4) is 0 Å². The van der Waals surface area contributed by atoms with Crippen molar-refractivity contribution in [1.82, 2.24) is 15.3 Å². The lowest BCUT2D eigenvalue weighted by atomic mass is 10.0. The summed E-state index contributed by atoms with van der Waals surface area (Å²) in [6.07, 6.45) is -1.25. The van der Waals surface area contributed by atoms with Gasteiger partial charge in [-0.3, -0.25) is 0 Å². The van der Waals surface area contributed by atoms with Crippen LogP contribution in [0.3, 0.4) is 0 Å². The summed E-state index contributed by atoms with van der Waals surface area (Å²) in [6.45, 7) is 0. The number of hydrogen-bond acceptors (Lipinski definition) is 3. The quantitative estimate of drug-likeness (QED) is 0.678. The van der Waals surface area contributed by atoms with E-state index in [1.54, 1.807) is 18.2 Å². The summed E-state index contributed by atoms with van der Waals surface area (Å²) < 4.78 is 27.2. The minimum absolute atomic E-state index is 0.0204. The van der Waals surface area contributed by atoms with Crippen LogP contribution in [0.15, 0.2) is 47.1 Å². The summed E-state index contributed by atoms with van der Waals surface area (Å²) in [5, 5.41) is 11.4. The van der Waals surface area contributed by atoms with Crippen molar-refractivity contribution < 1.29 is 18.7 Å². The molecule has 128 valence electrons. The second-order valence-electron chi connectivity index (χ2n) is 5.37. The summed E-state index contributed by atoms with van der Waals surface area (Å²) in [6, 6.07) is 9.36. The molecule has 1 aromatic heterocycles. The molecule has 0 spiro atoms. The molecule has 3 rings (SSSR count). The fourth-order valence-corrected chi connectivity index (χ4v) is 3.10. The van der Waals surface area contributed by atoms with Gasteiger partial charge in [0.25, 0.3) is 0 Å². The number of fused-ring (bicyclic) bond motifs is 1. The zero-order valence-electron chi connectivity index (χ0n) is 12.7. The number of amides is 1. The molecule has 5 nitrogen and oxygen atoms in total. The molecule has 8 heteroatoms. The molecule has 0 aliphatic rings. The van der Waals surface area contributed by atoms with Crippen LogP contribution in [0.5, 0.6) is 0 Å². The maximum absolute atomic E-state index is 13.4. The van der Waals surface area contributed by atoms with Gasteiger partial charge in [-0.05, 0) is 52.2 Å². The van der Waals surface area contributed by atoms with Crippen molar-refractivity contribution in [2.75, 3.05) is 0 Å². The van der Waals surface area contributed by atoms with Gasteiger partial charge in [-0.2, -0.15) is 0 Å². The Morgan fingerprint density at radius 2 is 1.72 bits per heavy atom. The van der Waals surface area contributed by atoms with E-state index in [1.165, 1.54) is 0 Å². The predicted octanol–water partition coefficient (Wildman–Crippen LogP) is 4.22. The standard InChI is InChI=1S/C17H12BrF2N3O2/c18-16-15(21-12-3-1-2-4-13(12)22-16)14(23-17(24)25)7-9-5-10(19)8-11(20)6-9/h1-6,8,14,23H,7H2,(H,24,25)/t14-/m0/s1. The number of rotatable bonds is 4. The number of halogens is 3. The molecule has 0 bridgehead atoms. The molecule has 0 saturated carbocycles. The van der Waals surface area contributed by atoms with Crippen LogP contribution in [-0.2, 0) is 6.42 Å². The molecular formula is C17H12BrF2N3O2. The van der Waals surface area contributed by atoms with E-state index >= 15 is 0 Å². The number of nitrogens with zero attached hydrogens (tertiary/aromatic N) is 2. The Bertz CT molecular complexity index is 932. The van der Waals surface area contributed by atoms with E-state index in [0.29, 0.717) is 26.9 Å². The van der Waals surface area contributed by atoms with Crippen molar-refractivity contribution in [1.29, 1.82) is 0 Å². The summed E-state index contributed by atoms with van der Waals surface area (Å²) in [4.78, 5) is 20.0. The molecule has 2 N–H and O–H groups in total. The van der Waals surface area contributed by atoms with E-state index in [9.17, 15) is 13.6 Å². The fraction of sp³-hybridized carbons (Fsp3) is 0.118. The van der Waals surface area contributed by atoms with Gasteiger partial charge in [0.05, 0.1) is 22.8 Å². The van der Waals surface area contributed by atoms with Gasteiger partial charge in [-0.1, -0.05) is 12.1 Å². The largest absolute Gasteiger partial charge is 0.465 e. The second kappa shape index (κ2) is 7.10. The predicted molar refractivity (Wildman–Crippen MR) is 91.2 cm³/mol. The van der Waals surface area contributed by atoms with Crippen LogP contribution in [0.4, 0.5) is 13.6 Å². The summed E-state index contributed by atoms with van der Waals surface area (Å²) >= 11 is 3.30. The molecule has 1 atom stereocenters. The summed E-state index contributed by atoms with van der Waals surface area (Å²) in [5.74, 6) is -1.46. The summed E-state index contributed by atoms with van der Waals surface area (Å²) in [5.41, 5.74) is 1.87. The van der Waals surface area contributed by atoms with Gasteiger partial charge >= 0.3 is 6.09 Å². The van der Waals surface area contributed by atoms with E-state index in [1.807, 2.05) is 6.07 Å². The van der Waals surface area contributed by atoms with Crippen LogP contribution in [-0.4, -0.2) is 21.2 Å². The Hall–Kier alpha value is -2.61. The van der Waals surface area contributed by atoms with E-state index in [-0.39, 0.29) is 6.42 Å². The first-order chi connectivity index (χ1) is 11.9. The lowest BCUT2D eigenvalue weighted by Gasteiger charge is -2.18. The van der Waals surface area contributed by atoms with Gasteiger partial charge in [0.15, 0.2) is 0 Å². The van der Waals surface area contributed by atoms with E-state index in [4.69, 9.17) is 5.11 Å². The van der Waals surface area contributed by atoms with Crippen molar-refractivity contribution in [3.05, 3.63) is 70.0 Å². The zero-order chi connectivity index (χ0) is 18.0. The first kappa shape index (κ1) is 17.2. The minimum atomic E-state index is -1.27. The van der Waals surface area contributed by atoms with Crippen molar-refractivity contribution in [3.63, 3.8) is 0 Å². The van der Waals surface area contributed by atoms with Crippen LogP contribution in [0.2, 0.25) is 0 Å². The fourth-order valence-electron chi connectivity index (χ4n) is 2.54. The Morgan fingerprint density at radius 1 is 1.12 bits per heavy atom. The molecule has 0 saturated heterocycles. The third-order valence-corrected chi connectivity index (χ3v) is 4.13. The van der Waals surface area contributed by atoms with Crippen molar-refractivity contribution >= 4 is 33.1 Å². The Morgan fingerprint density at radius 3 is 2.32 bits per heavy atom. The highest BCUT2D eigenvalue weighted by molar-refractivity contribution is 9.10. The molecule has 0 unspecified atom stereocenters. The highest BCUT2D eigenvalue weighted by Gasteiger charge is 2.21. The maximum atomic E-state index is 13.4. The zero-order valence-corrected chi connectivity index (χ0v) is 14.3. The topological polar surface area (TPSA) is 75.1 Å². The Kier molecular flexibility index (Phi) is 4.89. The van der Waals surface area contributed by atoms with Gasteiger partial charge in [-0.15, -0.1) is 0 Å². The number of benzene rings is 2. The molecule has 25 heavy (non-hydrogen) atoms. The average molecular weight is 408 g/mol. The Balaban J connectivity index is 2.03. The first-order valence-electron chi connectivity index (χ1n) is 7.29. The first-order valence-corrected chi connectivity index (χ1v) is 8.08. The number of aromatic nitrogens is 2.